The van der Waals surface area contributed by atoms with Crippen LogP contribution < -0.4 is 10.2 Å². The lowest BCUT2D eigenvalue weighted by atomic mass is 9.82. The Balaban J connectivity index is 1.77. The van der Waals surface area contributed by atoms with Crippen molar-refractivity contribution in [3.8, 4) is 0 Å². The number of rotatable bonds is 2. The van der Waals surface area contributed by atoms with Gasteiger partial charge in [-0.15, -0.1) is 0 Å². The van der Waals surface area contributed by atoms with Crippen LogP contribution in [0.3, 0.4) is 0 Å². The maximum absolute atomic E-state index is 13.4. The highest BCUT2D eigenvalue weighted by Gasteiger charge is 2.31. The molecule has 0 aliphatic carbocycles. The summed E-state index contributed by atoms with van der Waals surface area (Å²) >= 11 is 0. The third-order valence-electron chi connectivity index (χ3n) is 4.30. The zero-order chi connectivity index (χ0) is 12.6. The smallest absolute Gasteiger partial charge is 0.125 e. The second kappa shape index (κ2) is 4.54. The average Bonchev–Trinajstić information content (AvgIpc) is 2.72. The number of halogens is 1. The van der Waals surface area contributed by atoms with Crippen molar-refractivity contribution in [1.82, 2.24) is 5.32 Å². The van der Waals surface area contributed by atoms with E-state index in [0.29, 0.717) is 5.41 Å². The first-order valence-corrected chi connectivity index (χ1v) is 6.90. The molecule has 1 aromatic rings. The topological polar surface area (TPSA) is 15.3 Å². The zero-order valence-corrected chi connectivity index (χ0v) is 11.0. The Hall–Kier alpha value is -1.09. The van der Waals surface area contributed by atoms with Gasteiger partial charge < -0.3 is 10.2 Å². The Labute approximate surface area is 108 Å². The molecular weight excluding hydrogens is 227 g/mol. The number of fused-ring (bicyclic) bond motifs is 1. The highest BCUT2D eigenvalue weighted by Crippen LogP contribution is 2.34. The summed E-state index contributed by atoms with van der Waals surface area (Å²) in [7, 11) is 0. The summed E-state index contributed by atoms with van der Waals surface area (Å²) in [5.41, 5.74) is 2.73. The maximum Gasteiger partial charge on any atom is 0.125 e. The summed E-state index contributed by atoms with van der Waals surface area (Å²) in [6.45, 7) is 6.64. The van der Waals surface area contributed by atoms with Crippen LogP contribution in [-0.2, 0) is 6.42 Å². The second-order valence-electron chi connectivity index (χ2n) is 6.04. The van der Waals surface area contributed by atoms with Gasteiger partial charge in [0.1, 0.15) is 5.82 Å². The van der Waals surface area contributed by atoms with Gasteiger partial charge in [0.15, 0.2) is 0 Å². The second-order valence-corrected chi connectivity index (χ2v) is 6.04. The van der Waals surface area contributed by atoms with E-state index in [-0.39, 0.29) is 5.82 Å². The maximum atomic E-state index is 13.4. The molecule has 3 heteroatoms. The Bertz CT molecular complexity index is 438. The van der Waals surface area contributed by atoms with Crippen LogP contribution in [0.5, 0.6) is 0 Å². The van der Waals surface area contributed by atoms with E-state index in [2.05, 4.69) is 17.1 Å². The molecule has 2 nitrogen and oxygen atoms in total. The lowest BCUT2D eigenvalue weighted by Crippen LogP contribution is -2.45. The Morgan fingerprint density at radius 2 is 2.33 bits per heavy atom. The summed E-state index contributed by atoms with van der Waals surface area (Å²) < 4.78 is 13.4. The number of nitrogens with zero attached hydrogens (tertiary/aromatic N) is 1. The fourth-order valence-corrected chi connectivity index (χ4v) is 3.30. The molecule has 0 radical (unpaired) electrons. The summed E-state index contributed by atoms with van der Waals surface area (Å²) in [6, 6.07) is 5.21. The number of anilines is 1. The highest BCUT2D eigenvalue weighted by molar-refractivity contribution is 5.58. The fraction of sp³-hybridized carbons (Fsp3) is 0.600. The first kappa shape index (κ1) is 12.0. The van der Waals surface area contributed by atoms with Crippen molar-refractivity contribution in [2.45, 2.75) is 26.2 Å². The predicted octanol–water partition coefficient (Wildman–Crippen LogP) is 2.58. The van der Waals surface area contributed by atoms with Gasteiger partial charge in [-0.1, -0.05) is 13.0 Å². The third kappa shape index (κ3) is 2.24. The van der Waals surface area contributed by atoms with Crippen LogP contribution in [0.4, 0.5) is 10.1 Å². The van der Waals surface area contributed by atoms with Crippen molar-refractivity contribution in [2.24, 2.45) is 5.41 Å². The molecule has 0 aromatic heterocycles. The normalized spacial score (nSPS) is 27.3. The van der Waals surface area contributed by atoms with Crippen molar-refractivity contribution >= 4 is 5.69 Å². The first-order valence-electron chi connectivity index (χ1n) is 6.90. The van der Waals surface area contributed by atoms with Gasteiger partial charge in [0, 0.05) is 25.3 Å². The summed E-state index contributed by atoms with van der Waals surface area (Å²) in [4.78, 5) is 2.37. The summed E-state index contributed by atoms with van der Waals surface area (Å²) in [5.74, 6) is -0.118. The summed E-state index contributed by atoms with van der Waals surface area (Å²) in [6.07, 6.45) is 3.57. The molecule has 18 heavy (non-hydrogen) atoms. The predicted molar refractivity (Wildman–Crippen MR) is 72.5 cm³/mol. The van der Waals surface area contributed by atoms with E-state index < -0.39 is 0 Å². The number of benzene rings is 1. The van der Waals surface area contributed by atoms with Crippen LogP contribution in [0, 0.1) is 11.2 Å². The van der Waals surface area contributed by atoms with E-state index in [9.17, 15) is 4.39 Å². The van der Waals surface area contributed by atoms with Gasteiger partial charge >= 0.3 is 0 Å². The van der Waals surface area contributed by atoms with Crippen molar-refractivity contribution < 1.29 is 4.39 Å². The monoisotopic (exact) mass is 248 g/mol. The van der Waals surface area contributed by atoms with Gasteiger partial charge in [-0.2, -0.15) is 0 Å². The minimum atomic E-state index is -0.118. The molecule has 0 amide bonds. The molecule has 98 valence electrons. The molecule has 3 rings (SSSR count). The van der Waals surface area contributed by atoms with Gasteiger partial charge in [0.05, 0.1) is 0 Å². The minimum absolute atomic E-state index is 0.118. The van der Waals surface area contributed by atoms with E-state index in [1.54, 1.807) is 12.1 Å². The Morgan fingerprint density at radius 3 is 3.11 bits per heavy atom. The minimum Gasteiger partial charge on any atom is -0.370 e. The number of hydrogen-bond donors (Lipinski definition) is 1. The van der Waals surface area contributed by atoms with Crippen LogP contribution in [0.1, 0.15) is 25.3 Å². The molecule has 1 N–H and O–H groups in total. The van der Waals surface area contributed by atoms with Crippen LogP contribution in [0.2, 0.25) is 0 Å². The van der Waals surface area contributed by atoms with Crippen molar-refractivity contribution in [3.63, 3.8) is 0 Å². The van der Waals surface area contributed by atoms with Crippen LogP contribution >= 0.6 is 0 Å². The van der Waals surface area contributed by atoms with E-state index >= 15 is 0 Å². The largest absolute Gasteiger partial charge is 0.370 e. The molecule has 1 aromatic carbocycles. The van der Waals surface area contributed by atoms with Crippen molar-refractivity contribution in [2.75, 3.05) is 31.1 Å². The fourth-order valence-electron chi connectivity index (χ4n) is 3.30. The molecule has 1 fully saturated rings. The zero-order valence-electron chi connectivity index (χ0n) is 11.0. The van der Waals surface area contributed by atoms with Gasteiger partial charge in [-0.05, 0) is 48.9 Å². The first-order chi connectivity index (χ1) is 8.66. The molecular formula is C15H21FN2. The quantitative estimate of drug-likeness (QED) is 0.865. The van der Waals surface area contributed by atoms with Crippen LogP contribution in [0.15, 0.2) is 18.2 Å². The highest BCUT2D eigenvalue weighted by atomic mass is 19.1. The van der Waals surface area contributed by atoms with Crippen LogP contribution in [0.25, 0.3) is 0 Å². The van der Waals surface area contributed by atoms with E-state index in [1.807, 2.05) is 6.07 Å². The van der Waals surface area contributed by atoms with E-state index in [0.717, 1.165) is 38.3 Å². The molecule has 0 spiro atoms. The van der Waals surface area contributed by atoms with Crippen molar-refractivity contribution in [3.05, 3.63) is 29.6 Å². The van der Waals surface area contributed by atoms with E-state index in [4.69, 9.17) is 0 Å². The lowest BCUT2D eigenvalue weighted by Gasteiger charge is -2.38. The summed E-state index contributed by atoms with van der Waals surface area (Å²) in [5, 5.41) is 3.48. The standard InChI is InChI=1S/C15H21FN2/c1-15(6-2-7-17-10-15)11-18-8-5-12-3-4-13(16)9-14(12)18/h3-4,9,17H,2,5-8,10-11H2,1H3. The lowest BCUT2D eigenvalue weighted by molar-refractivity contribution is 0.241. The van der Waals surface area contributed by atoms with Crippen molar-refractivity contribution in [1.29, 1.82) is 0 Å². The SMILES string of the molecule is CC1(CN2CCc3ccc(F)cc32)CCCNC1. The molecule has 1 saturated heterocycles. The van der Waals surface area contributed by atoms with Gasteiger partial charge in [-0.25, -0.2) is 4.39 Å². The molecule has 0 bridgehead atoms. The number of piperidine rings is 1. The van der Waals surface area contributed by atoms with Gasteiger partial charge in [0.25, 0.3) is 0 Å². The Morgan fingerprint density at radius 1 is 1.44 bits per heavy atom. The number of nitrogens with one attached hydrogen (secondary N) is 1. The molecule has 2 heterocycles. The van der Waals surface area contributed by atoms with Gasteiger partial charge in [-0.3, -0.25) is 0 Å². The molecule has 2 aliphatic rings. The van der Waals surface area contributed by atoms with E-state index in [1.165, 1.54) is 18.4 Å². The Kier molecular flexibility index (Phi) is 3.02. The third-order valence-corrected chi connectivity index (χ3v) is 4.30. The average molecular weight is 248 g/mol. The van der Waals surface area contributed by atoms with Gasteiger partial charge in [0.2, 0.25) is 0 Å². The molecule has 0 saturated carbocycles. The number of hydrogen-bond acceptors (Lipinski definition) is 2. The van der Waals surface area contributed by atoms with Crippen LogP contribution in [-0.4, -0.2) is 26.2 Å². The molecule has 1 atom stereocenters. The molecule has 2 aliphatic heterocycles. The molecule has 1 unspecified atom stereocenters.